The Bertz CT molecular complexity index is 729. The van der Waals surface area contributed by atoms with E-state index in [1.807, 2.05) is 0 Å². The molecule has 0 amide bonds. The molecule has 0 aliphatic rings. The highest BCUT2D eigenvalue weighted by Crippen LogP contribution is 2.18. The third-order valence-corrected chi connectivity index (χ3v) is 4.26. The lowest BCUT2D eigenvalue weighted by Gasteiger charge is -2.06. The number of nitrogens with two attached hydrogens (primary N) is 1. The van der Waals surface area contributed by atoms with Gasteiger partial charge < -0.3 is 5.32 Å². The van der Waals surface area contributed by atoms with Gasteiger partial charge in [-0.3, -0.25) is 0 Å². The lowest BCUT2D eigenvalue weighted by molar-refractivity contribution is 0.598. The Morgan fingerprint density at radius 3 is 2.79 bits per heavy atom. The zero-order valence-electron chi connectivity index (χ0n) is 9.83. The van der Waals surface area contributed by atoms with Gasteiger partial charge in [0.05, 0.1) is 10.5 Å². The van der Waals surface area contributed by atoms with Gasteiger partial charge in [0.1, 0.15) is 6.07 Å². The van der Waals surface area contributed by atoms with E-state index in [9.17, 15) is 8.42 Å². The number of anilines is 1. The maximum absolute atomic E-state index is 11.2. The number of thiophene rings is 1. The van der Waals surface area contributed by atoms with Crippen LogP contribution in [0.15, 0.2) is 40.6 Å². The second kappa shape index (κ2) is 5.40. The molecule has 1 heterocycles. The van der Waals surface area contributed by atoms with Crippen LogP contribution >= 0.6 is 11.3 Å². The molecular weight excluding hydrogens is 282 g/mol. The van der Waals surface area contributed by atoms with E-state index in [0.29, 0.717) is 17.8 Å². The van der Waals surface area contributed by atoms with Crippen molar-refractivity contribution >= 4 is 27.0 Å². The molecular formula is C12H11N3O2S2. The van der Waals surface area contributed by atoms with Gasteiger partial charge in [0.25, 0.3) is 0 Å². The van der Waals surface area contributed by atoms with Crippen molar-refractivity contribution in [3.8, 4) is 6.07 Å². The number of rotatable bonds is 4. The van der Waals surface area contributed by atoms with E-state index in [1.54, 1.807) is 23.6 Å². The van der Waals surface area contributed by atoms with Crippen LogP contribution in [0.1, 0.15) is 10.4 Å². The van der Waals surface area contributed by atoms with Crippen LogP contribution in [0.5, 0.6) is 0 Å². The van der Waals surface area contributed by atoms with Crippen molar-refractivity contribution < 1.29 is 8.42 Å². The highest BCUT2D eigenvalue weighted by atomic mass is 32.2. The highest BCUT2D eigenvalue weighted by molar-refractivity contribution is 7.89. The molecule has 0 atom stereocenters. The molecule has 98 valence electrons. The molecule has 0 aliphatic carbocycles. The average molecular weight is 293 g/mol. The van der Waals surface area contributed by atoms with Crippen LogP contribution < -0.4 is 10.5 Å². The van der Waals surface area contributed by atoms with Crippen LogP contribution in [-0.2, 0) is 16.6 Å². The Kier molecular flexibility index (Phi) is 3.85. The minimum Gasteiger partial charge on any atom is -0.380 e. The van der Waals surface area contributed by atoms with Crippen molar-refractivity contribution in [1.82, 2.24) is 0 Å². The molecule has 0 radical (unpaired) electrons. The molecule has 3 N–H and O–H groups in total. The molecule has 1 aromatic carbocycles. The summed E-state index contributed by atoms with van der Waals surface area (Å²) in [5.41, 5.74) is 1.29. The third-order valence-electron chi connectivity index (χ3n) is 2.41. The molecule has 0 fully saturated rings. The first-order chi connectivity index (χ1) is 8.99. The van der Waals surface area contributed by atoms with Crippen molar-refractivity contribution in [3.63, 3.8) is 0 Å². The molecule has 0 spiro atoms. The normalized spacial score (nSPS) is 10.9. The van der Waals surface area contributed by atoms with E-state index < -0.39 is 10.0 Å². The fourth-order valence-corrected chi connectivity index (χ4v) is 2.81. The Labute approximate surface area is 115 Å². The van der Waals surface area contributed by atoms with E-state index in [-0.39, 0.29) is 4.90 Å². The van der Waals surface area contributed by atoms with Crippen LogP contribution in [0.25, 0.3) is 0 Å². The monoisotopic (exact) mass is 293 g/mol. The Morgan fingerprint density at radius 1 is 1.37 bits per heavy atom. The summed E-state index contributed by atoms with van der Waals surface area (Å²) in [4.78, 5) is 1.07. The van der Waals surface area contributed by atoms with E-state index in [4.69, 9.17) is 10.4 Å². The number of primary sulfonamides is 1. The summed E-state index contributed by atoms with van der Waals surface area (Å²) in [6, 6.07) is 10.2. The van der Waals surface area contributed by atoms with Gasteiger partial charge in [-0.25, -0.2) is 13.6 Å². The summed E-state index contributed by atoms with van der Waals surface area (Å²) >= 11 is 1.48. The summed E-state index contributed by atoms with van der Waals surface area (Å²) in [6.07, 6.45) is 0. The van der Waals surface area contributed by atoms with Crippen LogP contribution in [-0.4, -0.2) is 8.42 Å². The fraction of sp³-hybridized carbons (Fsp3) is 0.0833. The molecule has 0 saturated carbocycles. The first kappa shape index (κ1) is 13.5. The Morgan fingerprint density at radius 2 is 2.16 bits per heavy atom. The van der Waals surface area contributed by atoms with Crippen molar-refractivity contribution in [2.75, 3.05) is 5.32 Å². The van der Waals surface area contributed by atoms with E-state index in [0.717, 1.165) is 4.88 Å². The third kappa shape index (κ3) is 3.54. The predicted octanol–water partition coefficient (Wildman–Crippen LogP) is 1.88. The Balaban J connectivity index is 2.10. The van der Waals surface area contributed by atoms with Gasteiger partial charge in [-0.15, -0.1) is 11.3 Å². The van der Waals surface area contributed by atoms with Crippen molar-refractivity contribution in [3.05, 3.63) is 46.2 Å². The van der Waals surface area contributed by atoms with Crippen molar-refractivity contribution in [2.24, 2.45) is 5.14 Å². The molecule has 5 nitrogen and oxygen atoms in total. The summed E-state index contributed by atoms with van der Waals surface area (Å²) in [7, 11) is -3.69. The lowest BCUT2D eigenvalue weighted by Crippen LogP contribution is -2.12. The number of hydrogen-bond acceptors (Lipinski definition) is 5. The standard InChI is InChI=1S/C12H11N3O2S2/c13-6-9-4-11(18-8-9)7-15-10-2-1-3-12(5-10)19(14,16)17/h1-5,8,15H,7H2,(H2,14,16,17). The summed E-state index contributed by atoms with van der Waals surface area (Å²) < 4.78 is 22.4. The number of sulfonamides is 1. The molecule has 19 heavy (non-hydrogen) atoms. The average Bonchev–Trinajstić information content (AvgIpc) is 2.84. The predicted molar refractivity (Wildman–Crippen MR) is 74.2 cm³/mol. The first-order valence-electron chi connectivity index (χ1n) is 5.33. The SMILES string of the molecule is N#Cc1csc(CNc2cccc(S(N)(=O)=O)c2)c1. The molecule has 1 aromatic heterocycles. The zero-order chi connectivity index (χ0) is 13.9. The molecule has 0 unspecified atom stereocenters. The molecule has 2 rings (SSSR count). The molecule has 0 bridgehead atoms. The maximum Gasteiger partial charge on any atom is 0.238 e. The quantitative estimate of drug-likeness (QED) is 0.899. The van der Waals surface area contributed by atoms with Crippen LogP contribution in [0.2, 0.25) is 0 Å². The second-order valence-corrected chi connectivity index (χ2v) is 6.40. The number of benzene rings is 1. The molecule has 0 saturated heterocycles. The number of nitriles is 1. The smallest absolute Gasteiger partial charge is 0.238 e. The summed E-state index contributed by atoms with van der Waals surface area (Å²) in [5.74, 6) is 0. The molecule has 7 heteroatoms. The van der Waals surface area contributed by atoms with Gasteiger partial charge in [0.15, 0.2) is 0 Å². The molecule has 2 aromatic rings. The minimum atomic E-state index is -3.69. The van der Waals surface area contributed by atoms with Gasteiger partial charge in [-0.05, 0) is 24.3 Å². The second-order valence-electron chi connectivity index (χ2n) is 3.84. The van der Waals surface area contributed by atoms with Gasteiger partial charge in [-0.1, -0.05) is 6.07 Å². The molecule has 0 aliphatic heterocycles. The summed E-state index contributed by atoms with van der Waals surface area (Å²) in [5, 5.41) is 18.6. The Hall–Kier alpha value is -1.88. The van der Waals surface area contributed by atoms with Crippen LogP contribution in [0, 0.1) is 11.3 Å². The van der Waals surface area contributed by atoms with E-state index in [1.165, 1.54) is 23.5 Å². The topological polar surface area (TPSA) is 96.0 Å². The van der Waals surface area contributed by atoms with E-state index in [2.05, 4.69) is 11.4 Å². The minimum absolute atomic E-state index is 0.0707. The van der Waals surface area contributed by atoms with Crippen LogP contribution in [0.4, 0.5) is 5.69 Å². The van der Waals surface area contributed by atoms with Gasteiger partial charge in [-0.2, -0.15) is 5.26 Å². The van der Waals surface area contributed by atoms with Gasteiger partial charge >= 0.3 is 0 Å². The van der Waals surface area contributed by atoms with E-state index >= 15 is 0 Å². The lowest BCUT2D eigenvalue weighted by atomic mass is 10.3. The fourth-order valence-electron chi connectivity index (χ4n) is 1.50. The summed E-state index contributed by atoms with van der Waals surface area (Å²) in [6.45, 7) is 0.528. The largest absolute Gasteiger partial charge is 0.380 e. The number of nitrogens with one attached hydrogen (secondary N) is 1. The van der Waals surface area contributed by atoms with Crippen molar-refractivity contribution in [2.45, 2.75) is 11.4 Å². The number of nitrogens with zero attached hydrogens (tertiary/aromatic N) is 1. The number of hydrogen-bond donors (Lipinski definition) is 2. The zero-order valence-corrected chi connectivity index (χ0v) is 11.5. The van der Waals surface area contributed by atoms with Gasteiger partial charge in [0, 0.05) is 22.5 Å². The highest BCUT2D eigenvalue weighted by Gasteiger charge is 2.07. The van der Waals surface area contributed by atoms with Crippen LogP contribution in [0.3, 0.4) is 0 Å². The first-order valence-corrected chi connectivity index (χ1v) is 7.76. The van der Waals surface area contributed by atoms with Gasteiger partial charge in [0.2, 0.25) is 10.0 Å². The van der Waals surface area contributed by atoms with Crippen molar-refractivity contribution in [1.29, 1.82) is 5.26 Å². The maximum atomic E-state index is 11.2.